The fraction of sp³-hybridized carbons (Fsp3) is 0.381. The van der Waals surface area contributed by atoms with Gasteiger partial charge < -0.3 is 10.2 Å². The number of benzene rings is 1. The summed E-state index contributed by atoms with van der Waals surface area (Å²) in [4.78, 5) is 16.1. The zero-order chi connectivity index (χ0) is 19.4. The van der Waals surface area contributed by atoms with E-state index in [9.17, 15) is 0 Å². The third-order valence-corrected chi connectivity index (χ3v) is 5.44. The molecule has 0 saturated carbocycles. The third kappa shape index (κ3) is 5.40. The lowest BCUT2D eigenvalue weighted by Gasteiger charge is -2.18. The molecule has 1 aliphatic rings. The van der Waals surface area contributed by atoms with Crippen molar-refractivity contribution in [3.63, 3.8) is 0 Å². The molecule has 0 saturated heterocycles. The maximum atomic E-state index is 4.81. The molecule has 0 atom stereocenters. The molecule has 0 bridgehead atoms. The minimum Gasteiger partial charge on any atom is -0.324 e. The Kier molecular flexibility index (Phi) is 6.29. The third-order valence-electron chi connectivity index (χ3n) is 4.38. The van der Waals surface area contributed by atoms with E-state index < -0.39 is 0 Å². The van der Waals surface area contributed by atoms with Crippen molar-refractivity contribution in [1.29, 1.82) is 0 Å². The van der Waals surface area contributed by atoms with Crippen LogP contribution in [-0.4, -0.2) is 46.3 Å². The van der Waals surface area contributed by atoms with Crippen LogP contribution in [0, 0.1) is 13.8 Å². The van der Waals surface area contributed by atoms with E-state index in [0.717, 1.165) is 40.8 Å². The highest BCUT2D eigenvalue weighted by molar-refractivity contribution is 8.14. The quantitative estimate of drug-likeness (QED) is 0.795. The molecular formula is C21H27N5S. The fourth-order valence-corrected chi connectivity index (χ4v) is 4.11. The second-order valence-corrected chi connectivity index (χ2v) is 8.18. The van der Waals surface area contributed by atoms with Gasteiger partial charge in [-0.05, 0) is 76.2 Å². The van der Waals surface area contributed by atoms with Crippen molar-refractivity contribution in [1.82, 2.24) is 14.9 Å². The highest BCUT2D eigenvalue weighted by atomic mass is 32.2. The van der Waals surface area contributed by atoms with Crippen LogP contribution in [0.3, 0.4) is 0 Å². The number of aliphatic imine (C=N–C) groups is 1. The number of aromatic nitrogens is 2. The van der Waals surface area contributed by atoms with Crippen molar-refractivity contribution in [2.75, 3.05) is 31.7 Å². The van der Waals surface area contributed by atoms with E-state index in [1.165, 1.54) is 16.7 Å². The standard InChI is InChI=1S/C21H27N5S/c1-14-10-15(2)12-18(11-14)24-21-22-8-6-19(25-21)20-23-16(3)17(13-27-20)7-9-26(4)5/h6,8,10-12H,7,9,13H2,1-5H3,(H,22,24,25). The summed E-state index contributed by atoms with van der Waals surface area (Å²) in [6, 6.07) is 8.27. The molecule has 2 heterocycles. The number of thioether (sulfide) groups is 1. The van der Waals surface area contributed by atoms with Crippen molar-refractivity contribution in [2.24, 2.45) is 4.99 Å². The summed E-state index contributed by atoms with van der Waals surface area (Å²) in [6.45, 7) is 7.33. The molecule has 5 nitrogen and oxygen atoms in total. The number of nitrogens with one attached hydrogen (secondary N) is 1. The summed E-state index contributed by atoms with van der Waals surface area (Å²) in [5.74, 6) is 1.57. The molecule has 6 heteroatoms. The largest absolute Gasteiger partial charge is 0.324 e. The van der Waals surface area contributed by atoms with Crippen molar-refractivity contribution in [3.8, 4) is 0 Å². The van der Waals surface area contributed by atoms with E-state index in [4.69, 9.17) is 4.99 Å². The van der Waals surface area contributed by atoms with Crippen LogP contribution in [0.1, 0.15) is 30.2 Å². The van der Waals surface area contributed by atoms with Crippen LogP contribution in [0.2, 0.25) is 0 Å². The number of hydrogen-bond acceptors (Lipinski definition) is 6. The molecule has 0 unspecified atom stereocenters. The molecule has 1 aliphatic heterocycles. The van der Waals surface area contributed by atoms with Crippen LogP contribution in [0.4, 0.5) is 11.6 Å². The molecule has 1 N–H and O–H groups in total. The van der Waals surface area contributed by atoms with Crippen LogP contribution in [-0.2, 0) is 0 Å². The summed E-state index contributed by atoms with van der Waals surface area (Å²) in [5, 5.41) is 4.28. The van der Waals surface area contributed by atoms with E-state index in [2.05, 4.69) is 73.3 Å². The lowest BCUT2D eigenvalue weighted by Crippen LogP contribution is -2.16. The van der Waals surface area contributed by atoms with Gasteiger partial charge in [0.15, 0.2) is 0 Å². The molecule has 0 amide bonds. The van der Waals surface area contributed by atoms with Gasteiger partial charge in [-0.25, -0.2) is 15.0 Å². The minimum absolute atomic E-state index is 0.598. The maximum Gasteiger partial charge on any atom is 0.227 e. The zero-order valence-corrected chi connectivity index (χ0v) is 17.5. The summed E-state index contributed by atoms with van der Waals surface area (Å²) in [7, 11) is 4.21. The average molecular weight is 382 g/mol. The van der Waals surface area contributed by atoms with Crippen molar-refractivity contribution in [3.05, 3.63) is 58.6 Å². The molecule has 0 spiro atoms. The zero-order valence-electron chi connectivity index (χ0n) is 16.7. The number of hydrogen-bond donors (Lipinski definition) is 1. The first-order valence-electron chi connectivity index (χ1n) is 9.14. The predicted molar refractivity (Wildman–Crippen MR) is 116 cm³/mol. The number of allylic oxidation sites excluding steroid dienone is 1. The molecule has 0 fully saturated rings. The monoisotopic (exact) mass is 381 g/mol. The Morgan fingerprint density at radius 2 is 1.85 bits per heavy atom. The van der Waals surface area contributed by atoms with Crippen molar-refractivity contribution < 1.29 is 0 Å². The topological polar surface area (TPSA) is 53.4 Å². The Morgan fingerprint density at radius 3 is 2.52 bits per heavy atom. The lowest BCUT2D eigenvalue weighted by molar-refractivity contribution is 0.412. The molecule has 0 radical (unpaired) electrons. The SMILES string of the molecule is CC1=C(CCN(C)C)CSC(c2ccnc(Nc3cc(C)cc(C)c3)n2)=N1. The molecule has 1 aromatic carbocycles. The Hall–Kier alpha value is -2.18. The number of rotatable bonds is 6. The second kappa shape index (κ2) is 8.67. The maximum absolute atomic E-state index is 4.81. The van der Waals surface area contributed by atoms with Crippen molar-refractivity contribution >= 4 is 28.4 Å². The highest BCUT2D eigenvalue weighted by Crippen LogP contribution is 2.27. The van der Waals surface area contributed by atoms with Gasteiger partial charge in [0, 0.05) is 29.9 Å². The first kappa shape index (κ1) is 19.6. The average Bonchev–Trinajstić information content (AvgIpc) is 2.60. The van der Waals surface area contributed by atoms with Crippen LogP contribution in [0.15, 0.2) is 46.7 Å². The van der Waals surface area contributed by atoms with E-state index >= 15 is 0 Å². The van der Waals surface area contributed by atoms with E-state index in [-0.39, 0.29) is 0 Å². The summed E-state index contributed by atoms with van der Waals surface area (Å²) >= 11 is 1.76. The smallest absolute Gasteiger partial charge is 0.227 e. The second-order valence-electron chi connectivity index (χ2n) is 7.21. The van der Waals surface area contributed by atoms with Gasteiger partial charge in [-0.2, -0.15) is 0 Å². The van der Waals surface area contributed by atoms with Crippen LogP contribution in [0.5, 0.6) is 0 Å². The number of anilines is 2. The van der Waals surface area contributed by atoms with Gasteiger partial charge in [0.05, 0.1) is 0 Å². The summed E-state index contributed by atoms with van der Waals surface area (Å²) in [6.07, 6.45) is 2.85. The molecule has 0 aliphatic carbocycles. The normalized spacial score (nSPS) is 14.5. The molecule has 27 heavy (non-hydrogen) atoms. The van der Waals surface area contributed by atoms with E-state index in [1.54, 1.807) is 18.0 Å². The first-order valence-corrected chi connectivity index (χ1v) is 10.1. The Morgan fingerprint density at radius 1 is 1.11 bits per heavy atom. The van der Waals surface area contributed by atoms with Gasteiger partial charge in [0.2, 0.25) is 5.95 Å². The van der Waals surface area contributed by atoms with Gasteiger partial charge >= 0.3 is 0 Å². The van der Waals surface area contributed by atoms with E-state index in [0.29, 0.717) is 5.95 Å². The van der Waals surface area contributed by atoms with Gasteiger partial charge in [-0.1, -0.05) is 17.8 Å². The summed E-state index contributed by atoms with van der Waals surface area (Å²) in [5.41, 5.74) is 6.84. The van der Waals surface area contributed by atoms with E-state index in [1.807, 2.05) is 6.07 Å². The highest BCUT2D eigenvalue weighted by Gasteiger charge is 2.16. The molecular weight excluding hydrogens is 354 g/mol. The van der Waals surface area contributed by atoms with Crippen LogP contribution < -0.4 is 5.32 Å². The Bertz CT molecular complexity index is 866. The molecule has 142 valence electrons. The predicted octanol–water partition coefficient (Wildman–Crippen LogP) is 4.56. The Labute approximate surface area is 166 Å². The van der Waals surface area contributed by atoms with Crippen LogP contribution in [0.25, 0.3) is 0 Å². The first-order chi connectivity index (χ1) is 12.9. The fourth-order valence-electron chi connectivity index (χ4n) is 2.98. The van der Waals surface area contributed by atoms with Gasteiger partial charge in [0.1, 0.15) is 10.7 Å². The van der Waals surface area contributed by atoms with Gasteiger partial charge in [-0.15, -0.1) is 0 Å². The van der Waals surface area contributed by atoms with Gasteiger partial charge in [0.25, 0.3) is 0 Å². The lowest BCUT2D eigenvalue weighted by atomic mass is 10.1. The molecule has 1 aromatic heterocycles. The van der Waals surface area contributed by atoms with Crippen molar-refractivity contribution in [2.45, 2.75) is 27.2 Å². The minimum atomic E-state index is 0.598. The summed E-state index contributed by atoms with van der Waals surface area (Å²) < 4.78 is 0. The molecule has 2 aromatic rings. The number of nitrogens with zero attached hydrogens (tertiary/aromatic N) is 4. The van der Waals surface area contributed by atoms with Gasteiger partial charge in [-0.3, -0.25) is 0 Å². The number of aryl methyl sites for hydroxylation is 2. The Balaban J connectivity index is 1.78. The molecule has 3 rings (SSSR count). The van der Waals surface area contributed by atoms with Crippen LogP contribution >= 0.6 is 11.8 Å².